The van der Waals surface area contributed by atoms with Gasteiger partial charge in [-0.2, -0.15) is 0 Å². The van der Waals surface area contributed by atoms with Gasteiger partial charge < -0.3 is 25.8 Å². The quantitative estimate of drug-likeness (QED) is 0.0575. The lowest BCUT2D eigenvalue weighted by atomic mass is 9.99. The number of hydrogen-bond acceptors (Lipinski definition) is 5. The van der Waals surface area contributed by atoms with E-state index in [1.165, 1.54) is 89.8 Å². The zero-order valence-corrected chi connectivity index (χ0v) is 29.4. The third-order valence-corrected chi connectivity index (χ3v) is 8.41. The van der Waals surface area contributed by atoms with Crippen LogP contribution in [0.5, 0.6) is 0 Å². The fourth-order valence-electron chi connectivity index (χ4n) is 5.20. The molecule has 2 amide bonds. The zero-order valence-electron chi connectivity index (χ0n) is 29.4. The highest BCUT2D eigenvalue weighted by atomic mass is 16.4. The predicted molar refractivity (Wildman–Crippen MR) is 185 cm³/mol. The van der Waals surface area contributed by atoms with Gasteiger partial charge in [0.05, 0.1) is 12.0 Å². The van der Waals surface area contributed by atoms with Crippen molar-refractivity contribution < 1.29 is 29.4 Å². The molecule has 0 saturated carbocycles. The maximum Gasteiger partial charge on any atom is 0.326 e. The normalized spacial score (nSPS) is 12.8. The van der Waals surface area contributed by atoms with Crippen LogP contribution in [0.3, 0.4) is 0 Å². The van der Waals surface area contributed by atoms with E-state index in [0.29, 0.717) is 18.5 Å². The summed E-state index contributed by atoms with van der Waals surface area (Å²) in [5.74, 6) is -2.32. The molecule has 0 spiro atoms. The van der Waals surface area contributed by atoms with Crippen LogP contribution in [0.1, 0.15) is 168 Å². The summed E-state index contributed by atoms with van der Waals surface area (Å²) in [5.41, 5.74) is 0.630. The van der Waals surface area contributed by atoms with Crippen molar-refractivity contribution in [2.24, 2.45) is 5.92 Å². The Kier molecular flexibility index (Phi) is 27.6. The molecule has 10 nitrogen and oxygen atoms in total. The Morgan fingerprint density at radius 1 is 0.674 bits per heavy atom. The third kappa shape index (κ3) is 24.3. The van der Waals surface area contributed by atoms with Gasteiger partial charge >= 0.3 is 11.9 Å². The second-order valence-corrected chi connectivity index (χ2v) is 12.6. The van der Waals surface area contributed by atoms with Gasteiger partial charge in [-0.25, -0.2) is 14.6 Å². The van der Waals surface area contributed by atoms with Crippen molar-refractivity contribution >= 4 is 23.8 Å². The van der Waals surface area contributed by atoms with E-state index in [1.54, 1.807) is 6.20 Å². The highest BCUT2D eigenvalue weighted by Gasteiger charge is 2.25. The first-order valence-electron chi connectivity index (χ1n) is 18.2. The topological polar surface area (TPSA) is 161 Å². The van der Waals surface area contributed by atoms with E-state index in [-0.39, 0.29) is 24.2 Å². The minimum Gasteiger partial charge on any atom is -0.480 e. The highest BCUT2D eigenvalue weighted by Crippen LogP contribution is 2.13. The van der Waals surface area contributed by atoms with E-state index in [0.717, 1.165) is 38.5 Å². The van der Waals surface area contributed by atoms with Crippen molar-refractivity contribution in [2.75, 3.05) is 0 Å². The molecule has 10 heteroatoms. The number of carboxylic acids is 2. The Hall–Kier alpha value is -2.91. The maximum atomic E-state index is 11.9. The summed E-state index contributed by atoms with van der Waals surface area (Å²) < 4.78 is 0. The van der Waals surface area contributed by atoms with Crippen LogP contribution in [0, 0.1) is 5.92 Å². The van der Waals surface area contributed by atoms with Gasteiger partial charge in [0.15, 0.2) is 0 Å². The number of nitrogens with zero attached hydrogens (tertiary/aromatic N) is 1. The number of H-pyrrole nitrogens is 1. The minimum absolute atomic E-state index is 0.0374. The van der Waals surface area contributed by atoms with Crippen LogP contribution < -0.4 is 10.6 Å². The van der Waals surface area contributed by atoms with E-state index in [4.69, 9.17) is 5.11 Å². The number of carbonyl (C=O) groups is 4. The fourth-order valence-corrected chi connectivity index (χ4v) is 5.20. The second-order valence-electron chi connectivity index (χ2n) is 12.6. The first-order chi connectivity index (χ1) is 22.2. The van der Waals surface area contributed by atoms with Crippen molar-refractivity contribution in [3.63, 3.8) is 0 Å². The summed E-state index contributed by atoms with van der Waals surface area (Å²) in [6.45, 7) is 8.24. The molecular weight excluding hydrogens is 584 g/mol. The third-order valence-electron chi connectivity index (χ3n) is 8.41. The summed E-state index contributed by atoms with van der Waals surface area (Å²) in [6, 6.07) is -1.67. The molecule has 1 rings (SSSR count). The Labute approximate surface area is 278 Å². The molecule has 0 aliphatic carbocycles. The van der Waals surface area contributed by atoms with Crippen molar-refractivity contribution in [1.82, 2.24) is 20.6 Å². The SMILES string of the molecule is CCCCCCCCCCCC(=O)N[C@@H](C(=O)O)[C@H](C)CC.CCCCCCCCCCCC(=O)N[C@H](Cc1c[nH]cn1)C(=O)O. The first-order valence-corrected chi connectivity index (χ1v) is 18.2. The molecule has 1 heterocycles. The number of aliphatic carboxylic acids is 2. The number of rotatable bonds is 28. The summed E-state index contributed by atoms with van der Waals surface area (Å²) in [7, 11) is 0. The van der Waals surface area contributed by atoms with Gasteiger partial charge in [0.25, 0.3) is 0 Å². The largest absolute Gasteiger partial charge is 0.480 e. The van der Waals surface area contributed by atoms with Gasteiger partial charge in [-0.05, 0) is 18.8 Å². The summed E-state index contributed by atoms with van der Waals surface area (Å²) in [5, 5.41) is 23.6. The van der Waals surface area contributed by atoms with Gasteiger partial charge in [-0.15, -0.1) is 0 Å². The molecule has 3 atom stereocenters. The van der Waals surface area contributed by atoms with Gasteiger partial charge in [-0.1, -0.05) is 137 Å². The maximum absolute atomic E-state index is 11.9. The minimum atomic E-state index is -1.03. The van der Waals surface area contributed by atoms with Crippen molar-refractivity contribution in [2.45, 2.75) is 181 Å². The Morgan fingerprint density at radius 2 is 1.11 bits per heavy atom. The molecule has 0 radical (unpaired) electrons. The van der Waals surface area contributed by atoms with E-state index < -0.39 is 24.0 Å². The zero-order chi connectivity index (χ0) is 34.4. The van der Waals surface area contributed by atoms with E-state index in [9.17, 15) is 24.3 Å². The van der Waals surface area contributed by atoms with Gasteiger partial charge in [-0.3, -0.25) is 9.59 Å². The van der Waals surface area contributed by atoms with E-state index in [1.807, 2.05) is 13.8 Å². The lowest BCUT2D eigenvalue weighted by molar-refractivity contribution is -0.143. The molecule has 0 unspecified atom stereocenters. The summed E-state index contributed by atoms with van der Waals surface area (Å²) >= 11 is 0. The molecule has 0 aliphatic rings. The molecule has 46 heavy (non-hydrogen) atoms. The molecule has 0 aromatic carbocycles. The number of unbranched alkanes of at least 4 members (excludes halogenated alkanes) is 16. The molecule has 266 valence electrons. The number of imidazole rings is 1. The molecule has 0 fully saturated rings. The number of hydrogen-bond donors (Lipinski definition) is 5. The van der Waals surface area contributed by atoms with Gasteiger partial charge in [0, 0.05) is 25.5 Å². The van der Waals surface area contributed by atoms with Crippen LogP contribution in [0.4, 0.5) is 0 Å². The van der Waals surface area contributed by atoms with Crippen LogP contribution in [0.15, 0.2) is 12.5 Å². The number of carboxylic acid groups (broad SMARTS) is 2. The summed E-state index contributed by atoms with van der Waals surface area (Å²) in [6.07, 6.45) is 26.5. The smallest absolute Gasteiger partial charge is 0.326 e. The van der Waals surface area contributed by atoms with Crippen molar-refractivity contribution in [3.8, 4) is 0 Å². The number of amides is 2. The Bertz CT molecular complexity index is 908. The fraction of sp³-hybridized carbons (Fsp3) is 0.806. The summed E-state index contributed by atoms with van der Waals surface area (Å²) in [4.78, 5) is 52.9. The predicted octanol–water partition coefficient (Wildman–Crippen LogP) is 7.97. The number of aromatic amines is 1. The number of aromatic nitrogens is 2. The van der Waals surface area contributed by atoms with Crippen molar-refractivity contribution in [3.05, 3.63) is 18.2 Å². The molecule has 1 aromatic heterocycles. The second kappa shape index (κ2) is 29.5. The highest BCUT2D eigenvalue weighted by molar-refractivity contribution is 5.84. The average Bonchev–Trinajstić information content (AvgIpc) is 3.54. The lowest BCUT2D eigenvalue weighted by Gasteiger charge is -2.20. The molecule has 1 aromatic rings. The molecular formula is C36H66N4O6. The van der Waals surface area contributed by atoms with Crippen LogP contribution >= 0.6 is 0 Å². The van der Waals surface area contributed by atoms with Crippen LogP contribution in [-0.2, 0) is 25.6 Å². The number of carbonyl (C=O) groups excluding carboxylic acids is 2. The van der Waals surface area contributed by atoms with E-state index in [2.05, 4.69) is 34.4 Å². The van der Waals surface area contributed by atoms with Crippen LogP contribution in [-0.4, -0.2) is 56.0 Å². The van der Waals surface area contributed by atoms with Crippen LogP contribution in [0.2, 0.25) is 0 Å². The van der Waals surface area contributed by atoms with Crippen LogP contribution in [0.25, 0.3) is 0 Å². The Balaban J connectivity index is 0.000000885. The van der Waals surface area contributed by atoms with Gasteiger partial charge in [0.1, 0.15) is 12.1 Å². The van der Waals surface area contributed by atoms with E-state index >= 15 is 0 Å². The average molecular weight is 651 g/mol. The standard InChI is InChI=1S/C18H31N3O3.C18H35NO3/c1-2-3-4-5-6-7-8-9-10-11-17(22)21-16(18(23)24)12-15-13-19-14-20-15;1-4-6-7-8-9-10-11-12-13-14-16(20)19-17(18(21)22)15(3)5-2/h13-14,16H,2-12H2,1H3,(H,19,20)(H,21,22)(H,23,24);15,17H,4-14H2,1-3H3,(H,19,20)(H,21,22)/t16-;15-,17-/m11/s1. The molecule has 0 bridgehead atoms. The van der Waals surface area contributed by atoms with Gasteiger partial charge in [0.2, 0.25) is 11.8 Å². The molecule has 5 N–H and O–H groups in total. The number of nitrogens with one attached hydrogen (secondary N) is 3. The first kappa shape index (κ1) is 43.1. The monoisotopic (exact) mass is 650 g/mol. The molecule has 0 saturated heterocycles. The Morgan fingerprint density at radius 3 is 1.48 bits per heavy atom. The molecule has 0 aliphatic heterocycles. The van der Waals surface area contributed by atoms with Crippen molar-refractivity contribution in [1.29, 1.82) is 0 Å². The lowest BCUT2D eigenvalue weighted by Crippen LogP contribution is -2.44.